The van der Waals surface area contributed by atoms with Crippen LogP contribution in [0.4, 0.5) is 0 Å². The van der Waals surface area contributed by atoms with Crippen molar-refractivity contribution < 1.29 is 17.9 Å². The summed E-state index contributed by atoms with van der Waals surface area (Å²) in [7, 11) is -2.17. The first-order chi connectivity index (χ1) is 13.8. The van der Waals surface area contributed by atoms with Gasteiger partial charge in [0.15, 0.2) is 0 Å². The van der Waals surface area contributed by atoms with Gasteiger partial charge in [-0.3, -0.25) is 4.79 Å². The highest BCUT2D eigenvalue weighted by molar-refractivity contribution is 7.89. The molecule has 1 amide bonds. The van der Waals surface area contributed by atoms with E-state index in [0.29, 0.717) is 30.2 Å². The van der Waals surface area contributed by atoms with Crippen LogP contribution in [0, 0.1) is 5.92 Å². The van der Waals surface area contributed by atoms with E-state index in [1.54, 1.807) is 13.2 Å². The van der Waals surface area contributed by atoms with Gasteiger partial charge in [0.25, 0.3) is 0 Å². The van der Waals surface area contributed by atoms with Crippen molar-refractivity contribution in [2.45, 2.75) is 24.3 Å². The van der Waals surface area contributed by atoms with Crippen LogP contribution in [-0.4, -0.2) is 38.8 Å². The number of sulfonamides is 1. The summed E-state index contributed by atoms with van der Waals surface area (Å²) in [6.07, 6.45) is 0.879. The maximum Gasteiger partial charge on any atom is 0.244 e. The van der Waals surface area contributed by atoms with Crippen molar-refractivity contribution in [2.24, 2.45) is 5.92 Å². The lowest BCUT2D eigenvalue weighted by Gasteiger charge is -2.30. The molecule has 1 saturated heterocycles. The van der Waals surface area contributed by atoms with Gasteiger partial charge in [-0.2, -0.15) is 4.31 Å². The number of nitrogens with one attached hydrogen (secondary N) is 1. The van der Waals surface area contributed by atoms with Gasteiger partial charge in [-0.25, -0.2) is 8.42 Å². The fourth-order valence-corrected chi connectivity index (χ4v) is 5.55. The van der Waals surface area contributed by atoms with Crippen LogP contribution < -0.4 is 10.1 Å². The first-order valence-electron chi connectivity index (χ1n) is 9.17. The first-order valence-corrected chi connectivity index (χ1v) is 11.4. The maximum absolute atomic E-state index is 12.9. The van der Waals surface area contributed by atoms with Crippen LogP contribution in [0.15, 0.2) is 47.4 Å². The van der Waals surface area contributed by atoms with Crippen LogP contribution in [0.5, 0.6) is 5.75 Å². The highest BCUT2D eigenvalue weighted by Gasteiger charge is 2.33. The number of halogens is 2. The van der Waals surface area contributed by atoms with Crippen molar-refractivity contribution >= 4 is 39.1 Å². The Kier molecular flexibility index (Phi) is 7.05. The Balaban J connectivity index is 1.60. The second-order valence-corrected chi connectivity index (χ2v) is 9.53. The molecule has 0 radical (unpaired) electrons. The number of piperidine rings is 1. The molecule has 29 heavy (non-hydrogen) atoms. The molecule has 0 unspecified atom stereocenters. The van der Waals surface area contributed by atoms with E-state index >= 15 is 0 Å². The molecule has 0 aromatic heterocycles. The Hall–Kier alpha value is -1.80. The molecule has 6 nitrogen and oxygen atoms in total. The molecule has 1 aliphatic rings. The average molecular weight is 457 g/mol. The van der Waals surface area contributed by atoms with Crippen LogP contribution in [0.2, 0.25) is 10.0 Å². The third-order valence-electron chi connectivity index (χ3n) is 4.98. The quantitative estimate of drug-likeness (QED) is 0.718. The first kappa shape index (κ1) is 21.9. The van der Waals surface area contributed by atoms with E-state index in [1.165, 1.54) is 16.4 Å². The molecule has 0 atom stereocenters. The van der Waals surface area contributed by atoms with E-state index in [0.717, 1.165) is 5.56 Å². The molecule has 0 aliphatic carbocycles. The van der Waals surface area contributed by atoms with E-state index in [1.807, 2.05) is 24.3 Å². The number of carbonyl (C=O) groups is 1. The molecular formula is C20H22Cl2N2O4S. The largest absolute Gasteiger partial charge is 0.496 e. The topological polar surface area (TPSA) is 75.7 Å². The van der Waals surface area contributed by atoms with Crippen molar-refractivity contribution in [1.29, 1.82) is 0 Å². The fraction of sp³-hybridized carbons (Fsp3) is 0.350. The predicted octanol–water partition coefficient (Wildman–Crippen LogP) is 3.72. The SMILES string of the molecule is COc1ccccc1CNC(=O)C1CCN(S(=O)(=O)c2cc(Cl)ccc2Cl)CC1. The summed E-state index contributed by atoms with van der Waals surface area (Å²) in [5.74, 6) is 0.381. The summed E-state index contributed by atoms with van der Waals surface area (Å²) < 4.78 is 32.4. The Morgan fingerprint density at radius 2 is 1.86 bits per heavy atom. The lowest BCUT2D eigenvalue weighted by Crippen LogP contribution is -2.42. The summed E-state index contributed by atoms with van der Waals surface area (Å²) in [4.78, 5) is 12.5. The molecule has 1 heterocycles. The molecular weight excluding hydrogens is 435 g/mol. The molecule has 1 aliphatic heterocycles. The van der Waals surface area contributed by atoms with Crippen molar-refractivity contribution in [3.05, 3.63) is 58.1 Å². The van der Waals surface area contributed by atoms with Gasteiger partial charge in [-0.1, -0.05) is 41.4 Å². The summed E-state index contributed by atoms with van der Waals surface area (Å²) in [5, 5.41) is 3.35. The van der Waals surface area contributed by atoms with Gasteiger partial charge >= 0.3 is 0 Å². The van der Waals surface area contributed by atoms with Crippen molar-refractivity contribution in [1.82, 2.24) is 9.62 Å². The van der Waals surface area contributed by atoms with E-state index < -0.39 is 10.0 Å². The number of nitrogens with zero attached hydrogens (tertiary/aromatic N) is 1. The Labute approximate surface area is 180 Å². The number of para-hydroxylation sites is 1. The van der Waals surface area contributed by atoms with Crippen molar-refractivity contribution in [3.8, 4) is 5.75 Å². The summed E-state index contributed by atoms with van der Waals surface area (Å²) >= 11 is 12.0. The predicted molar refractivity (Wildman–Crippen MR) is 113 cm³/mol. The van der Waals surface area contributed by atoms with Gasteiger partial charge < -0.3 is 10.1 Å². The Morgan fingerprint density at radius 1 is 1.17 bits per heavy atom. The number of methoxy groups -OCH3 is 1. The molecule has 1 fully saturated rings. The minimum Gasteiger partial charge on any atom is -0.496 e. The number of hydrogen-bond donors (Lipinski definition) is 1. The zero-order valence-corrected chi connectivity index (χ0v) is 18.2. The van der Waals surface area contributed by atoms with E-state index in [2.05, 4.69) is 5.32 Å². The van der Waals surface area contributed by atoms with E-state index in [9.17, 15) is 13.2 Å². The molecule has 3 rings (SSSR count). The normalized spacial score (nSPS) is 15.8. The molecule has 2 aromatic carbocycles. The van der Waals surface area contributed by atoms with Crippen LogP contribution in [0.3, 0.4) is 0 Å². The van der Waals surface area contributed by atoms with Gasteiger partial charge in [0.2, 0.25) is 15.9 Å². The molecule has 0 saturated carbocycles. The zero-order chi connectivity index (χ0) is 21.0. The minimum atomic E-state index is -3.76. The summed E-state index contributed by atoms with van der Waals surface area (Å²) in [6, 6.07) is 11.8. The second-order valence-electron chi connectivity index (χ2n) is 6.78. The van der Waals surface area contributed by atoms with Crippen LogP contribution in [0.1, 0.15) is 18.4 Å². The third-order valence-corrected chi connectivity index (χ3v) is 7.60. The number of amides is 1. The molecule has 2 aromatic rings. The van der Waals surface area contributed by atoms with Gasteiger partial charge in [0, 0.05) is 36.1 Å². The maximum atomic E-state index is 12.9. The molecule has 0 bridgehead atoms. The summed E-state index contributed by atoms with van der Waals surface area (Å²) in [6.45, 7) is 0.856. The molecule has 9 heteroatoms. The third kappa shape index (κ3) is 5.04. The monoisotopic (exact) mass is 456 g/mol. The number of benzene rings is 2. The molecule has 156 valence electrons. The highest BCUT2D eigenvalue weighted by atomic mass is 35.5. The Morgan fingerprint density at radius 3 is 2.55 bits per heavy atom. The van der Waals surface area contributed by atoms with Crippen molar-refractivity contribution in [3.63, 3.8) is 0 Å². The molecule has 0 spiro atoms. The van der Waals surface area contributed by atoms with Crippen LogP contribution >= 0.6 is 23.2 Å². The standard InChI is InChI=1S/C20H22Cl2N2O4S/c1-28-18-5-3-2-4-15(18)13-23-20(25)14-8-10-24(11-9-14)29(26,27)19-12-16(21)6-7-17(19)22/h2-7,12,14H,8-11,13H2,1H3,(H,23,25). The molecule has 1 N–H and O–H groups in total. The fourth-order valence-electron chi connectivity index (χ4n) is 3.35. The number of rotatable bonds is 6. The average Bonchev–Trinajstić information content (AvgIpc) is 2.73. The van der Waals surface area contributed by atoms with E-state index in [4.69, 9.17) is 27.9 Å². The van der Waals surface area contributed by atoms with Gasteiger partial charge in [-0.15, -0.1) is 0 Å². The summed E-state index contributed by atoms with van der Waals surface area (Å²) in [5.41, 5.74) is 0.888. The second kappa shape index (κ2) is 9.34. The number of hydrogen-bond acceptors (Lipinski definition) is 4. The number of ether oxygens (including phenoxy) is 1. The van der Waals surface area contributed by atoms with Gasteiger partial charge in [0.1, 0.15) is 10.6 Å². The lowest BCUT2D eigenvalue weighted by molar-refractivity contribution is -0.126. The smallest absolute Gasteiger partial charge is 0.244 e. The highest BCUT2D eigenvalue weighted by Crippen LogP contribution is 2.30. The van der Waals surface area contributed by atoms with E-state index in [-0.39, 0.29) is 34.8 Å². The minimum absolute atomic E-state index is 0.00857. The van der Waals surface area contributed by atoms with Crippen LogP contribution in [0.25, 0.3) is 0 Å². The zero-order valence-electron chi connectivity index (χ0n) is 15.9. The number of carbonyl (C=O) groups excluding carboxylic acids is 1. The van der Waals surface area contributed by atoms with Gasteiger partial charge in [0.05, 0.1) is 12.1 Å². The Bertz CT molecular complexity index is 990. The lowest BCUT2D eigenvalue weighted by atomic mass is 9.97. The van der Waals surface area contributed by atoms with Gasteiger partial charge in [-0.05, 0) is 37.1 Å². The van der Waals surface area contributed by atoms with Crippen LogP contribution in [-0.2, 0) is 21.4 Å². The van der Waals surface area contributed by atoms with Crippen molar-refractivity contribution in [2.75, 3.05) is 20.2 Å².